The van der Waals surface area contributed by atoms with Crippen molar-refractivity contribution in [2.75, 3.05) is 6.61 Å². The summed E-state index contributed by atoms with van der Waals surface area (Å²) in [5, 5.41) is 11.5. The van der Waals surface area contributed by atoms with Crippen LogP contribution in [-0.2, 0) is 12.8 Å². The number of aromatic nitrogens is 1. The second-order valence-electron chi connectivity index (χ2n) is 5.42. The lowest BCUT2D eigenvalue weighted by Crippen LogP contribution is -2.29. The summed E-state index contributed by atoms with van der Waals surface area (Å²) in [6, 6.07) is 5.97. The molecule has 0 fully saturated rings. The molecule has 3 rings (SSSR count). The lowest BCUT2D eigenvalue weighted by molar-refractivity contribution is 0.127. The lowest BCUT2D eigenvalue weighted by Gasteiger charge is -2.31. The maximum Gasteiger partial charge on any atom is 0.0488 e. The standard InChI is InChI=1S/C14H16ClNO/c1-14(8-17)5-4-13-11(7-14)10-6-9(15)2-3-12(10)16-13/h2-3,6,16-17H,4-5,7-8H2,1H3. The molecule has 0 amide bonds. The van der Waals surface area contributed by atoms with E-state index in [-0.39, 0.29) is 12.0 Å². The third-order valence-corrected chi connectivity index (χ3v) is 4.16. The molecule has 90 valence electrons. The van der Waals surface area contributed by atoms with Crippen molar-refractivity contribution in [3.05, 3.63) is 34.5 Å². The second kappa shape index (κ2) is 3.76. The van der Waals surface area contributed by atoms with Gasteiger partial charge in [0.2, 0.25) is 0 Å². The van der Waals surface area contributed by atoms with Crippen molar-refractivity contribution in [2.24, 2.45) is 5.41 Å². The summed E-state index contributed by atoms with van der Waals surface area (Å²) in [4.78, 5) is 3.46. The molecule has 17 heavy (non-hydrogen) atoms. The molecule has 1 heterocycles. The highest BCUT2D eigenvalue weighted by molar-refractivity contribution is 6.31. The molecular formula is C14H16ClNO. The van der Waals surface area contributed by atoms with E-state index in [1.165, 1.54) is 16.6 Å². The van der Waals surface area contributed by atoms with Crippen LogP contribution in [0.4, 0.5) is 0 Å². The molecule has 3 heteroatoms. The van der Waals surface area contributed by atoms with Gasteiger partial charge in [0.15, 0.2) is 0 Å². The fraction of sp³-hybridized carbons (Fsp3) is 0.429. The maximum absolute atomic E-state index is 9.50. The highest BCUT2D eigenvalue weighted by Gasteiger charge is 2.31. The Bertz CT molecular complexity index is 575. The van der Waals surface area contributed by atoms with Crippen LogP contribution in [0.2, 0.25) is 5.02 Å². The number of aryl methyl sites for hydroxylation is 1. The van der Waals surface area contributed by atoms with Gasteiger partial charge in [-0.15, -0.1) is 0 Å². The van der Waals surface area contributed by atoms with Gasteiger partial charge in [-0.1, -0.05) is 18.5 Å². The van der Waals surface area contributed by atoms with E-state index in [0.29, 0.717) is 0 Å². The first-order valence-electron chi connectivity index (χ1n) is 6.01. The van der Waals surface area contributed by atoms with Crippen molar-refractivity contribution in [2.45, 2.75) is 26.2 Å². The molecule has 0 saturated carbocycles. The highest BCUT2D eigenvalue weighted by Crippen LogP contribution is 2.38. The number of hydrogen-bond donors (Lipinski definition) is 2. The van der Waals surface area contributed by atoms with Gasteiger partial charge in [0, 0.05) is 28.2 Å². The number of aliphatic hydroxyl groups excluding tert-OH is 1. The fourth-order valence-corrected chi connectivity index (χ4v) is 2.94. The van der Waals surface area contributed by atoms with E-state index in [2.05, 4.69) is 11.9 Å². The first-order chi connectivity index (χ1) is 8.11. The molecular weight excluding hydrogens is 234 g/mol. The van der Waals surface area contributed by atoms with Gasteiger partial charge in [-0.2, -0.15) is 0 Å². The average Bonchev–Trinajstić information content (AvgIpc) is 2.67. The van der Waals surface area contributed by atoms with Crippen LogP contribution >= 0.6 is 11.6 Å². The topological polar surface area (TPSA) is 36.0 Å². The van der Waals surface area contributed by atoms with Gasteiger partial charge in [-0.3, -0.25) is 0 Å². The molecule has 1 aliphatic carbocycles. The van der Waals surface area contributed by atoms with Gasteiger partial charge in [-0.05, 0) is 48.4 Å². The Morgan fingerprint density at radius 3 is 3.06 bits per heavy atom. The van der Waals surface area contributed by atoms with Crippen LogP contribution in [0.1, 0.15) is 24.6 Å². The highest BCUT2D eigenvalue weighted by atomic mass is 35.5. The molecule has 1 atom stereocenters. The van der Waals surface area contributed by atoms with Gasteiger partial charge < -0.3 is 10.1 Å². The average molecular weight is 250 g/mol. The summed E-state index contributed by atoms with van der Waals surface area (Å²) < 4.78 is 0. The summed E-state index contributed by atoms with van der Waals surface area (Å²) >= 11 is 6.06. The molecule has 1 aromatic heterocycles. The van der Waals surface area contributed by atoms with Gasteiger partial charge in [0.05, 0.1) is 0 Å². The molecule has 1 aliphatic rings. The van der Waals surface area contributed by atoms with Crippen molar-refractivity contribution >= 4 is 22.5 Å². The minimum absolute atomic E-state index is 0.0183. The van der Waals surface area contributed by atoms with Crippen molar-refractivity contribution in [1.82, 2.24) is 4.98 Å². The molecule has 0 aliphatic heterocycles. The summed E-state index contributed by atoms with van der Waals surface area (Å²) in [6.45, 7) is 2.40. The molecule has 1 unspecified atom stereocenters. The first-order valence-corrected chi connectivity index (χ1v) is 6.39. The van der Waals surface area contributed by atoms with Crippen LogP contribution in [0, 0.1) is 5.41 Å². The Labute approximate surface area is 106 Å². The Balaban J connectivity index is 2.17. The zero-order valence-electron chi connectivity index (χ0n) is 9.89. The first kappa shape index (κ1) is 11.1. The Morgan fingerprint density at radius 1 is 1.47 bits per heavy atom. The van der Waals surface area contributed by atoms with Crippen LogP contribution in [-0.4, -0.2) is 16.7 Å². The van der Waals surface area contributed by atoms with Gasteiger partial charge in [0.1, 0.15) is 0 Å². The molecule has 2 nitrogen and oxygen atoms in total. The van der Waals surface area contributed by atoms with E-state index < -0.39 is 0 Å². The molecule has 0 bridgehead atoms. The number of aromatic amines is 1. The van der Waals surface area contributed by atoms with Crippen molar-refractivity contribution in [3.63, 3.8) is 0 Å². The largest absolute Gasteiger partial charge is 0.396 e. The van der Waals surface area contributed by atoms with Gasteiger partial charge >= 0.3 is 0 Å². The lowest BCUT2D eigenvalue weighted by atomic mass is 9.75. The van der Waals surface area contributed by atoms with E-state index >= 15 is 0 Å². The molecule has 2 aromatic rings. The number of rotatable bonds is 1. The Kier molecular flexibility index (Phi) is 2.46. The predicted molar refractivity (Wildman–Crippen MR) is 70.5 cm³/mol. The number of halogens is 1. The number of benzene rings is 1. The summed E-state index contributed by atoms with van der Waals surface area (Å²) in [7, 11) is 0. The quantitative estimate of drug-likeness (QED) is 0.799. The molecule has 0 saturated heterocycles. The fourth-order valence-electron chi connectivity index (χ4n) is 2.77. The van der Waals surface area contributed by atoms with Gasteiger partial charge in [-0.25, -0.2) is 0 Å². The number of fused-ring (bicyclic) bond motifs is 3. The van der Waals surface area contributed by atoms with E-state index in [4.69, 9.17) is 11.6 Å². The van der Waals surface area contributed by atoms with Crippen LogP contribution < -0.4 is 0 Å². The monoisotopic (exact) mass is 249 g/mol. The van der Waals surface area contributed by atoms with E-state index in [0.717, 1.165) is 29.8 Å². The van der Waals surface area contributed by atoms with E-state index in [1.807, 2.05) is 18.2 Å². The minimum atomic E-state index is 0.0183. The number of hydrogen-bond acceptors (Lipinski definition) is 1. The SMILES string of the molecule is CC1(CO)CCc2[nH]c3ccc(Cl)cc3c2C1. The number of H-pyrrole nitrogens is 1. The summed E-state index contributed by atoms with van der Waals surface area (Å²) in [6.07, 6.45) is 2.98. The zero-order chi connectivity index (χ0) is 12.0. The molecule has 0 radical (unpaired) electrons. The number of nitrogens with one attached hydrogen (secondary N) is 1. The molecule has 2 N–H and O–H groups in total. The minimum Gasteiger partial charge on any atom is -0.396 e. The summed E-state index contributed by atoms with van der Waals surface area (Å²) in [5.74, 6) is 0. The Morgan fingerprint density at radius 2 is 2.29 bits per heavy atom. The van der Waals surface area contributed by atoms with Gasteiger partial charge in [0.25, 0.3) is 0 Å². The van der Waals surface area contributed by atoms with Crippen molar-refractivity contribution < 1.29 is 5.11 Å². The van der Waals surface area contributed by atoms with Crippen LogP contribution in [0.25, 0.3) is 10.9 Å². The van der Waals surface area contributed by atoms with E-state index in [9.17, 15) is 5.11 Å². The third kappa shape index (κ3) is 1.76. The van der Waals surface area contributed by atoms with Crippen molar-refractivity contribution in [1.29, 1.82) is 0 Å². The Hall–Kier alpha value is -0.990. The predicted octanol–water partition coefficient (Wildman–Crippen LogP) is 3.31. The van der Waals surface area contributed by atoms with Crippen LogP contribution in [0.15, 0.2) is 18.2 Å². The van der Waals surface area contributed by atoms with Crippen molar-refractivity contribution in [3.8, 4) is 0 Å². The second-order valence-corrected chi connectivity index (χ2v) is 5.85. The smallest absolute Gasteiger partial charge is 0.0488 e. The van der Waals surface area contributed by atoms with Crippen LogP contribution in [0.3, 0.4) is 0 Å². The van der Waals surface area contributed by atoms with E-state index in [1.54, 1.807) is 0 Å². The maximum atomic E-state index is 9.50. The number of aliphatic hydroxyl groups is 1. The zero-order valence-corrected chi connectivity index (χ0v) is 10.6. The molecule has 0 spiro atoms. The normalized spacial score (nSPS) is 23.9. The van der Waals surface area contributed by atoms with Crippen LogP contribution in [0.5, 0.6) is 0 Å². The summed E-state index contributed by atoms with van der Waals surface area (Å²) in [5.41, 5.74) is 3.82. The molecule has 1 aromatic carbocycles. The third-order valence-electron chi connectivity index (χ3n) is 3.92.